The van der Waals surface area contributed by atoms with Gasteiger partial charge in [0.05, 0.1) is 18.2 Å². The second-order valence-electron chi connectivity index (χ2n) is 5.58. The Labute approximate surface area is 149 Å². The SMILES string of the molecule is CCCn1nnnc1COC(=O)CCc1ncc(-c2ccccc2F)o1. The average Bonchev–Trinajstić information content (AvgIpc) is 3.28. The van der Waals surface area contributed by atoms with Crippen LogP contribution in [-0.4, -0.2) is 31.2 Å². The molecule has 0 saturated carbocycles. The van der Waals surface area contributed by atoms with Crippen molar-refractivity contribution in [2.24, 2.45) is 0 Å². The fourth-order valence-corrected chi connectivity index (χ4v) is 2.35. The number of carbonyl (C=O) groups excluding carboxylic acids is 1. The van der Waals surface area contributed by atoms with Crippen molar-refractivity contribution in [3.63, 3.8) is 0 Å². The van der Waals surface area contributed by atoms with Crippen LogP contribution in [0.4, 0.5) is 4.39 Å². The number of hydrogen-bond donors (Lipinski definition) is 0. The zero-order valence-electron chi connectivity index (χ0n) is 14.3. The number of hydrogen-bond acceptors (Lipinski definition) is 7. The van der Waals surface area contributed by atoms with E-state index in [9.17, 15) is 9.18 Å². The highest BCUT2D eigenvalue weighted by atomic mass is 19.1. The molecule has 0 radical (unpaired) electrons. The van der Waals surface area contributed by atoms with Crippen LogP contribution < -0.4 is 0 Å². The Bertz CT molecular complexity index is 877. The first kappa shape index (κ1) is 17.7. The van der Waals surface area contributed by atoms with Crippen molar-refractivity contribution in [1.82, 2.24) is 25.2 Å². The van der Waals surface area contributed by atoms with E-state index in [1.54, 1.807) is 22.9 Å². The van der Waals surface area contributed by atoms with Crippen LogP contribution in [-0.2, 0) is 29.1 Å². The molecule has 136 valence electrons. The zero-order chi connectivity index (χ0) is 18.4. The van der Waals surface area contributed by atoms with Crippen LogP contribution in [0.5, 0.6) is 0 Å². The minimum absolute atomic E-state index is 0.0118. The summed E-state index contributed by atoms with van der Waals surface area (Å²) in [5, 5.41) is 11.2. The fraction of sp³-hybridized carbons (Fsp3) is 0.353. The standard InChI is InChI=1S/C17H18FN5O3/c1-2-9-23-15(20-21-22-23)11-25-17(24)8-7-16-19-10-14(26-16)12-5-3-4-6-13(12)18/h3-6,10H,2,7-9,11H2,1H3. The van der Waals surface area contributed by atoms with Crippen LogP contribution in [0.3, 0.4) is 0 Å². The van der Waals surface area contributed by atoms with Gasteiger partial charge in [0, 0.05) is 13.0 Å². The second-order valence-corrected chi connectivity index (χ2v) is 5.58. The number of rotatable bonds is 8. The summed E-state index contributed by atoms with van der Waals surface area (Å²) in [5.74, 6) is 0.362. The van der Waals surface area contributed by atoms with E-state index >= 15 is 0 Å². The van der Waals surface area contributed by atoms with Crippen molar-refractivity contribution in [2.75, 3.05) is 0 Å². The molecule has 0 atom stereocenters. The van der Waals surface area contributed by atoms with Gasteiger partial charge in [0.25, 0.3) is 0 Å². The summed E-state index contributed by atoms with van der Waals surface area (Å²) in [6.45, 7) is 2.68. The minimum Gasteiger partial charge on any atom is -0.457 e. The first-order valence-corrected chi connectivity index (χ1v) is 8.27. The van der Waals surface area contributed by atoms with E-state index in [0.29, 0.717) is 29.6 Å². The number of nitrogens with zero attached hydrogens (tertiary/aromatic N) is 5. The van der Waals surface area contributed by atoms with E-state index in [0.717, 1.165) is 6.42 Å². The van der Waals surface area contributed by atoms with Crippen molar-refractivity contribution in [3.8, 4) is 11.3 Å². The first-order valence-electron chi connectivity index (χ1n) is 8.27. The number of esters is 1. The van der Waals surface area contributed by atoms with Crippen molar-refractivity contribution >= 4 is 5.97 Å². The fourth-order valence-electron chi connectivity index (χ4n) is 2.35. The lowest BCUT2D eigenvalue weighted by Gasteiger charge is -2.04. The highest BCUT2D eigenvalue weighted by molar-refractivity contribution is 5.69. The molecule has 0 spiro atoms. The Hall–Kier alpha value is -3.10. The summed E-state index contributed by atoms with van der Waals surface area (Å²) in [6, 6.07) is 6.27. The van der Waals surface area contributed by atoms with Gasteiger partial charge in [-0.25, -0.2) is 14.1 Å². The van der Waals surface area contributed by atoms with Crippen LogP contribution in [0.1, 0.15) is 31.5 Å². The van der Waals surface area contributed by atoms with E-state index in [4.69, 9.17) is 9.15 Å². The largest absolute Gasteiger partial charge is 0.457 e. The summed E-state index contributed by atoms with van der Waals surface area (Å²) < 4.78 is 26.0. The van der Waals surface area contributed by atoms with Crippen molar-refractivity contribution in [1.29, 1.82) is 0 Å². The zero-order valence-corrected chi connectivity index (χ0v) is 14.3. The van der Waals surface area contributed by atoms with Gasteiger partial charge in [-0.15, -0.1) is 5.10 Å². The number of oxazole rings is 1. The normalized spacial score (nSPS) is 10.8. The number of aryl methyl sites for hydroxylation is 2. The molecule has 0 fully saturated rings. The molecule has 26 heavy (non-hydrogen) atoms. The average molecular weight is 359 g/mol. The van der Waals surface area contributed by atoms with Crippen LogP contribution in [0.2, 0.25) is 0 Å². The maximum atomic E-state index is 13.7. The van der Waals surface area contributed by atoms with Gasteiger partial charge in [-0.2, -0.15) is 0 Å². The molecule has 0 aliphatic rings. The lowest BCUT2D eigenvalue weighted by atomic mass is 10.2. The lowest BCUT2D eigenvalue weighted by Crippen LogP contribution is -2.11. The molecule has 0 saturated heterocycles. The summed E-state index contributed by atoms with van der Waals surface area (Å²) in [4.78, 5) is 16.0. The van der Waals surface area contributed by atoms with Crippen LogP contribution in [0.25, 0.3) is 11.3 Å². The van der Waals surface area contributed by atoms with Gasteiger partial charge in [0.15, 0.2) is 24.1 Å². The molecule has 1 aromatic carbocycles. The highest BCUT2D eigenvalue weighted by Crippen LogP contribution is 2.23. The maximum Gasteiger partial charge on any atom is 0.306 e. The molecular weight excluding hydrogens is 341 g/mol. The van der Waals surface area contributed by atoms with Crippen LogP contribution in [0.15, 0.2) is 34.9 Å². The molecule has 8 nitrogen and oxygen atoms in total. The number of tetrazole rings is 1. The first-order chi connectivity index (χ1) is 12.7. The Kier molecular flexibility index (Phi) is 5.67. The quantitative estimate of drug-likeness (QED) is 0.570. The third-order valence-electron chi connectivity index (χ3n) is 3.64. The number of halogens is 1. The Morgan fingerprint density at radius 2 is 2.19 bits per heavy atom. The van der Waals surface area contributed by atoms with Gasteiger partial charge < -0.3 is 9.15 Å². The predicted molar refractivity (Wildman–Crippen MR) is 88.1 cm³/mol. The Morgan fingerprint density at radius 1 is 1.35 bits per heavy atom. The van der Waals surface area contributed by atoms with Crippen LogP contribution >= 0.6 is 0 Å². The molecule has 0 N–H and O–H groups in total. The number of carbonyl (C=O) groups is 1. The summed E-state index contributed by atoms with van der Waals surface area (Å²) in [7, 11) is 0. The molecule has 0 aliphatic carbocycles. The van der Waals surface area contributed by atoms with Gasteiger partial charge in [-0.1, -0.05) is 19.1 Å². The highest BCUT2D eigenvalue weighted by Gasteiger charge is 2.13. The number of benzene rings is 1. The third-order valence-corrected chi connectivity index (χ3v) is 3.64. The maximum absolute atomic E-state index is 13.7. The molecule has 2 heterocycles. The number of aromatic nitrogens is 5. The minimum atomic E-state index is -0.415. The Balaban J connectivity index is 1.51. The molecule has 0 aliphatic heterocycles. The van der Waals surface area contributed by atoms with Crippen molar-refractivity contribution in [2.45, 2.75) is 39.3 Å². The van der Waals surface area contributed by atoms with Crippen molar-refractivity contribution < 1.29 is 18.3 Å². The van der Waals surface area contributed by atoms with Gasteiger partial charge in [0.2, 0.25) is 0 Å². The summed E-state index contributed by atoms with van der Waals surface area (Å²) in [5.41, 5.74) is 0.330. The molecule has 3 rings (SSSR count). The van der Waals surface area contributed by atoms with Gasteiger partial charge in [-0.05, 0) is 29.0 Å². The molecule has 0 amide bonds. The van der Waals surface area contributed by atoms with Crippen LogP contribution in [0, 0.1) is 5.82 Å². The van der Waals surface area contributed by atoms with E-state index in [2.05, 4.69) is 20.5 Å². The van der Waals surface area contributed by atoms with E-state index < -0.39 is 5.97 Å². The molecule has 3 aromatic rings. The van der Waals surface area contributed by atoms with Gasteiger partial charge in [-0.3, -0.25) is 4.79 Å². The topological polar surface area (TPSA) is 95.9 Å². The molecule has 2 aromatic heterocycles. The predicted octanol–water partition coefficient (Wildman–Crippen LogP) is 2.55. The summed E-state index contributed by atoms with van der Waals surface area (Å²) in [6.07, 6.45) is 2.66. The molecule has 0 unspecified atom stereocenters. The monoisotopic (exact) mass is 359 g/mol. The summed E-state index contributed by atoms with van der Waals surface area (Å²) >= 11 is 0. The second kappa shape index (κ2) is 8.32. The molecular formula is C17H18FN5O3. The van der Waals surface area contributed by atoms with Crippen molar-refractivity contribution in [3.05, 3.63) is 48.0 Å². The van der Waals surface area contributed by atoms with E-state index in [-0.39, 0.29) is 25.3 Å². The molecule has 0 bridgehead atoms. The lowest BCUT2D eigenvalue weighted by molar-refractivity contribution is -0.145. The van der Waals surface area contributed by atoms with E-state index in [1.807, 2.05) is 6.92 Å². The van der Waals surface area contributed by atoms with Gasteiger partial charge >= 0.3 is 5.97 Å². The third kappa shape index (κ3) is 4.29. The van der Waals surface area contributed by atoms with E-state index in [1.165, 1.54) is 12.3 Å². The smallest absolute Gasteiger partial charge is 0.306 e. The van der Waals surface area contributed by atoms with Gasteiger partial charge in [0.1, 0.15) is 5.82 Å². The number of ether oxygens (including phenoxy) is 1. The Morgan fingerprint density at radius 3 is 3.00 bits per heavy atom. The molecule has 9 heteroatoms.